The first-order valence-corrected chi connectivity index (χ1v) is 6.40. The topological polar surface area (TPSA) is 55.6 Å². The van der Waals surface area contributed by atoms with E-state index in [2.05, 4.69) is 36.8 Å². The van der Waals surface area contributed by atoms with E-state index in [0.29, 0.717) is 11.5 Å². The van der Waals surface area contributed by atoms with Gasteiger partial charge in [-0.25, -0.2) is 4.39 Å². The number of tetrazole rings is 1. The van der Waals surface area contributed by atoms with Crippen molar-refractivity contribution in [3.8, 4) is 5.69 Å². The van der Waals surface area contributed by atoms with Crippen LogP contribution in [0.3, 0.4) is 0 Å². The zero-order chi connectivity index (χ0) is 13.1. The van der Waals surface area contributed by atoms with Crippen molar-refractivity contribution in [3.05, 3.63) is 34.3 Å². The lowest BCUT2D eigenvalue weighted by molar-refractivity contribution is 0.540. The molecule has 1 atom stereocenters. The average Bonchev–Trinajstić information content (AvgIpc) is 2.81. The summed E-state index contributed by atoms with van der Waals surface area (Å²) in [5, 5.41) is 14.6. The predicted molar refractivity (Wildman–Crippen MR) is 68.9 cm³/mol. The quantitative estimate of drug-likeness (QED) is 0.940. The number of benzene rings is 1. The van der Waals surface area contributed by atoms with Crippen LogP contribution in [0.1, 0.15) is 25.7 Å². The number of rotatable bonds is 4. The van der Waals surface area contributed by atoms with Crippen LogP contribution >= 0.6 is 15.9 Å². The normalized spacial score (nSPS) is 12.7. The SMILES string of the molecule is CCNC(C)c1nnnn1-c1cc(Br)ccc1F. The van der Waals surface area contributed by atoms with Gasteiger partial charge in [0, 0.05) is 4.47 Å². The van der Waals surface area contributed by atoms with Crippen molar-refractivity contribution < 1.29 is 4.39 Å². The molecule has 7 heteroatoms. The van der Waals surface area contributed by atoms with Crippen molar-refractivity contribution in [1.82, 2.24) is 25.5 Å². The minimum Gasteiger partial charge on any atom is -0.308 e. The molecule has 1 unspecified atom stereocenters. The standard InChI is InChI=1S/C11H13BrFN5/c1-3-14-7(2)11-15-16-17-18(11)10-6-8(12)4-5-9(10)13/h4-7,14H,3H2,1-2H3. The zero-order valence-corrected chi connectivity index (χ0v) is 11.6. The molecule has 1 heterocycles. The van der Waals surface area contributed by atoms with Crippen molar-refractivity contribution in [2.75, 3.05) is 6.54 Å². The fraction of sp³-hybridized carbons (Fsp3) is 0.364. The second kappa shape index (κ2) is 5.53. The molecule has 0 radical (unpaired) electrons. The Morgan fingerprint density at radius 2 is 2.28 bits per heavy atom. The number of aromatic nitrogens is 4. The van der Waals surface area contributed by atoms with Crippen LogP contribution in [0, 0.1) is 5.82 Å². The second-order valence-electron chi connectivity index (χ2n) is 3.82. The molecule has 0 amide bonds. The van der Waals surface area contributed by atoms with Crippen LogP contribution in [0.15, 0.2) is 22.7 Å². The number of hydrogen-bond donors (Lipinski definition) is 1. The predicted octanol–water partition coefficient (Wildman–Crippen LogP) is 2.23. The Labute approximate surface area is 113 Å². The number of hydrogen-bond acceptors (Lipinski definition) is 4. The monoisotopic (exact) mass is 313 g/mol. The maximum atomic E-state index is 13.8. The molecule has 0 bridgehead atoms. The lowest BCUT2D eigenvalue weighted by atomic mass is 10.2. The maximum Gasteiger partial charge on any atom is 0.173 e. The van der Waals surface area contributed by atoms with E-state index in [9.17, 15) is 4.39 Å². The second-order valence-corrected chi connectivity index (χ2v) is 4.74. The third-order valence-electron chi connectivity index (χ3n) is 2.53. The van der Waals surface area contributed by atoms with Crippen molar-refractivity contribution in [2.24, 2.45) is 0 Å². The van der Waals surface area contributed by atoms with Gasteiger partial charge in [-0.05, 0) is 42.1 Å². The molecule has 5 nitrogen and oxygen atoms in total. The van der Waals surface area contributed by atoms with Crippen molar-refractivity contribution in [2.45, 2.75) is 19.9 Å². The van der Waals surface area contributed by atoms with Gasteiger partial charge in [-0.3, -0.25) is 0 Å². The molecule has 0 spiro atoms. The molecule has 2 rings (SSSR count). The highest BCUT2D eigenvalue weighted by atomic mass is 79.9. The maximum absolute atomic E-state index is 13.8. The van der Waals surface area contributed by atoms with Gasteiger partial charge in [0.2, 0.25) is 0 Å². The Hall–Kier alpha value is -1.34. The molecular weight excluding hydrogens is 301 g/mol. The summed E-state index contributed by atoms with van der Waals surface area (Å²) in [5.41, 5.74) is 0.328. The molecule has 0 saturated carbocycles. The summed E-state index contributed by atoms with van der Waals surface area (Å²) in [4.78, 5) is 0. The van der Waals surface area contributed by atoms with Gasteiger partial charge >= 0.3 is 0 Å². The Kier molecular flexibility index (Phi) is 4.03. The van der Waals surface area contributed by atoms with Gasteiger partial charge in [-0.2, -0.15) is 4.68 Å². The molecule has 0 aliphatic heterocycles. The summed E-state index contributed by atoms with van der Waals surface area (Å²) in [7, 11) is 0. The van der Waals surface area contributed by atoms with Crippen LogP contribution in [0.5, 0.6) is 0 Å². The van der Waals surface area contributed by atoms with E-state index in [-0.39, 0.29) is 11.9 Å². The van der Waals surface area contributed by atoms with Gasteiger partial charge in [0.05, 0.1) is 6.04 Å². The van der Waals surface area contributed by atoms with Crippen LogP contribution in [0.4, 0.5) is 4.39 Å². The van der Waals surface area contributed by atoms with Crippen LogP contribution < -0.4 is 5.32 Å². The molecule has 2 aromatic rings. The van der Waals surface area contributed by atoms with Gasteiger partial charge in [0.15, 0.2) is 5.82 Å². The van der Waals surface area contributed by atoms with E-state index < -0.39 is 0 Å². The van der Waals surface area contributed by atoms with Crippen molar-refractivity contribution in [3.63, 3.8) is 0 Å². The lowest BCUT2D eigenvalue weighted by Gasteiger charge is -2.12. The minimum absolute atomic E-state index is 0.0524. The van der Waals surface area contributed by atoms with Crippen LogP contribution in [0.2, 0.25) is 0 Å². The van der Waals surface area contributed by atoms with E-state index in [1.807, 2.05) is 13.8 Å². The van der Waals surface area contributed by atoms with E-state index in [1.165, 1.54) is 10.7 Å². The minimum atomic E-state index is -0.365. The van der Waals surface area contributed by atoms with E-state index in [4.69, 9.17) is 0 Å². The van der Waals surface area contributed by atoms with Gasteiger partial charge < -0.3 is 5.32 Å². The number of nitrogens with zero attached hydrogens (tertiary/aromatic N) is 4. The molecule has 1 aromatic carbocycles. The summed E-state index contributed by atoms with van der Waals surface area (Å²) in [6.07, 6.45) is 0. The Balaban J connectivity index is 2.45. The fourth-order valence-corrected chi connectivity index (χ4v) is 2.03. The van der Waals surface area contributed by atoms with Crippen LogP contribution in [0.25, 0.3) is 5.69 Å². The Bertz CT molecular complexity index is 542. The summed E-state index contributed by atoms with van der Waals surface area (Å²) in [5.74, 6) is 0.212. The van der Waals surface area contributed by atoms with E-state index >= 15 is 0 Å². The van der Waals surface area contributed by atoms with Crippen LogP contribution in [-0.4, -0.2) is 26.8 Å². The molecule has 0 fully saturated rings. The number of nitrogens with one attached hydrogen (secondary N) is 1. The third-order valence-corrected chi connectivity index (χ3v) is 3.02. The molecule has 0 saturated heterocycles. The molecule has 0 aliphatic carbocycles. The summed E-state index contributed by atoms with van der Waals surface area (Å²) in [6, 6.07) is 4.61. The molecule has 0 aliphatic rings. The first kappa shape index (κ1) is 13.1. The average molecular weight is 314 g/mol. The molecule has 96 valence electrons. The molecular formula is C11H13BrFN5. The highest BCUT2D eigenvalue weighted by Gasteiger charge is 2.17. The van der Waals surface area contributed by atoms with Gasteiger partial charge in [-0.15, -0.1) is 5.10 Å². The lowest BCUT2D eigenvalue weighted by Crippen LogP contribution is -2.22. The van der Waals surface area contributed by atoms with E-state index in [0.717, 1.165) is 11.0 Å². The summed E-state index contributed by atoms with van der Waals surface area (Å²) in [6.45, 7) is 4.71. The smallest absolute Gasteiger partial charge is 0.173 e. The molecule has 18 heavy (non-hydrogen) atoms. The van der Waals surface area contributed by atoms with Gasteiger partial charge in [0.1, 0.15) is 11.5 Å². The molecule has 1 aromatic heterocycles. The zero-order valence-electron chi connectivity index (χ0n) is 10.1. The first-order valence-electron chi connectivity index (χ1n) is 5.60. The summed E-state index contributed by atoms with van der Waals surface area (Å²) >= 11 is 3.31. The third kappa shape index (κ3) is 2.56. The Morgan fingerprint density at radius 1 is 1.50 bits per heavy atom. The fourth-order valence-electron chi connectivity index (χ4n) is 1.68. The van der Waals surface area contributed by atoms with Crippen LogP contribution in [-0.2, 0) is 0 Å². The van der Waals surface area contributed by atoms with E-state index in [1.54, 1.807) is 12.1 Å². The number of halogens is 2. The van der Waals surface area contributed by atoms with Gasteiger partial charge in [-0.1, -0.05) is 22.9 Å². The largest absolute Gasteiger partial charge is 0.308 e. The van der Waals surface area contributed by atoms with Crippen molar-refractivity contribution in [1.29, 1.82) is 0 Å². The Morgan fingerprint density at radius 3 is 3.00 bits per heavy atom. The molecule has 1 N–H and O–H groups in total. The van der Waals surface area contributed by atoms with Gasteiger partial charge in [0.25, 0.3) is 0 Å². The summed E-state index contributed by atoms with van der Waals surface area (Å²) < 4.78 is 16.0. The van der Waals surface area contributed by atoms with Crippen molar-refractivity contribution >= 4 is 15.9 Å². The highest BCUT2D eigenvalue weighted by Crippen LogP contribution is 2.21. The first-order chi connectivity index (χ1) is 8.63. The highest BCUT2D eigenvalue weighted by molar-refractivity contribution is 9.10.